The fraction of sp³-hybridized carbons (Fsp3) is 1.00. The lowest BCUT2D eigenvalue weighted by Crippen LogP contribution is -2.48. The first-order valence-corrected chi connectivity index (χ1v) is 4.96. The first-order valence-electron chi connectivity index (χ1n) is 4.43. The van der Waals surface area contributed by atoms with Crippen LogP contribution in [0.15, 0.2) is 0 Å². The van der Waals surface area contributed by atoms with Gasteiger partial charge in [-0.05, 0) is 31.2 Å². The van der Waals surface area contributed by atoms with E-state index in [2.05, 4.69) is 10.6 Å². The number of rotatable bonds is 1. The summed E-state index contributed by atoms with van der Waals surface area (Å²) in [6.45, 7) is 2.27. The highest BCUT2D eigenvalue weighted by Gasteiger charge is 2.32. The predicted octanol–water partition coefficient (Wildman–Crippen LogP) is 1.19. The van der Waals surface area contributed by atoms with E-state index in [9.17, 15) is 0 Å². The Labute approximate surface area is 84.8 Å². The summed E-state index contributed by atoms with van der Waals surface area (Å²) in [4.78, 5) is 0. The van der Waals surface area contributed by atoms with Crippen LogP contribution in [0.1, 0.15) is 12.8 Å². The normalized spacial score (nSPS) is 40.2. The van der Waals surface area contributed by atoms with Gasteiger partial charge in [0.05, 0.1) is 6.17 Å². The summed E-state index contributed by atoms with van der Waals surface area (Å²) in [5.41, 5.74) is 0. The van der Waals surface area contributed by atoms with Crippen LogP contribution in [0.25, 0.3) is 0 Å². The molecule has 0 spiro atoms. The van der Waals surface area contributed by atoms with E-state index in [0.29, 0.717) is 12.1 Å². The number of nitrogens with one attached hydrogen (secondary N) is 2. The molecule has 0 aliphatic carbocycles. The average molecular weight is 211 g/mol. The number of fused-ring (bicyclic) bond motifs is 1. The molecule has 0 aromatic carbocycles. The van der Waals surface area contributed by atoms with Gasteiger partial charge in [0.1, 0.15) is 0 Å². The summed E-state index contributed by atoms with van der Waals surface area (Å²) in [7, 11) is 0. The Kier molecular flexibility index (Phi) is 4.11. The zero-order valence-corrected chi connectivity index (χ0v) is 8.63. The van der Waals surface area contributed by atoms with Gasteiger partial charge < -0.3 is 10.6 Å². The van der Waals surface area contributed by atoms with E-state index in [1.165, 1.54) is 19.4 Å². The van der Waals surface area contributed by atoms with Crippen molar-refractivity contribution >= 4 is 24.0 Å². The summed E-state index contributed by atoms with van der Waals surface area (Å²) in [6.07, 6.45) is 3.23. The fourth-order valence-electron chi connectivity index (χ4n) is 2.17. The maximum absolute atomic E-state index is 5.81. The van der Waals surface area contributed by atoms with Crippen molar-refractivity contribution in [3.05, 3.63) is 0 Å². The summed E-state index contributed by atoms with van der Waals surface area (Å²) >= 11 is 5.81. The van der Waals surface area contributed by atoms with Crippen LogP contribution < -0.4 is 10.6 Å². The van der Waals surface area contributed by atoms with Crippen LogP contribution >= 0.6 is 24.0 Å². The van der Waals surface area contributed by atoms with E-state index in [-0.39, 0.29) is 12.4 Å². The quantitative estimate of drug-likeness (QED) is 0.636. The molecule has 0 amide bonds. The van der Waals surface area contributed by atoms with Crippen molar-refractivity contribution in [2.45, 2.75) is 19.0 Å². The molecular formula is C8H16Cl2N2. The Morgan fingerprint density at radius 2 is 2.17 bits per heavy atom. The van der Waals surface area contributed by atoms with E-state index in [1.807, 2.05) is 0 Å². The number of hydrogen-bond acceptors (Lipinski definition) is 2. The molecule has 72 valence electrons. The molecule has 2 heterocycles. The number of halogens is 2. The highest BCUT2D eigenvalue weighted by Crippen LogP contribution is 2.26. The molecule has 0 aromatic rings. The smallest absolute Gasteiger partial charge is 0.0601 e. The Morgan fingerprint density at radius 3 is 2.92 bits per heavy atom. The number of piperidine rings is 1. The molecule has 0 aromatic heterocycles. The van der Waals surface area contributed by atoms with Crippen LogP contribution in [0.4, 0.5) is 0 Å². The molecule has 3 atom stereocenters. The summed E-state index contributed by atoms with van der Waals surface area (Å²) in [5, 5.41) is 6.94. The zero-order chi connectivity index (χ0) is 7.68. The highest BCUT2D eigenvalue weighted by molar-refractivity contribution is 6.18. The van der Waals surface area contributed by atoms with Crippen molar-refractivity contribution in [2.75, 3.05) is 19.0 Å². The van der Waals surface area contributed by atoms with Gasteiger partial charge in [-0.25, -0.2) is 0 Å². The van der Waals surface area contributed by atoms with Gasteiger partial charge in [0.15, 0.2) is 0 Å². The van der Waals surface area contributed by atoms with Crippen LogP contribution in [0.3, 0.4) is 0 Å². The van der Waals surface area contributed by atoms with Gasteiger partial charge in [0.25, 0.3) is 0 Å². The van der Waals surface area contributed by atoms with Gasteiger partial charge in [-0.3, -0.25) is 0 Å². The van der Waals surface area contributed by atoms with Crippen LogP contribution in [-0.2, 0) is 0 Å². The van der Waals surface area contributed by atoms with Crippen LogP contribution in [0.2, 0.25) is 0 Å². The third kappa shape index (κ3) is 2.05. The second kappa shape index (κ2) is 4.66. The van der Waals surface area contributed by atoms with Crippen LogP contribution in [0.5, 0.6) is 0 Å². The largest absolute Gasteiger partial charge is 0.302 e. The molecule has 4 heteroatoms. The maximum Gasteiger partial charge on any atom is 0.0601 e. The number of hydrogen-bond donors (Lipinski definition) is 2. The maximum atomic E-state index is 5.81. The van der Waals surface area contributed by atoms with Crippen molar-refractivity contribution in [1.82, 2.24) is 10.6 Å². The first kappa shape index (κ1) is 10.6. The summed E-state index contributed by atoms with van der Waals surface area (Å²) in [6, 6.07) is 0. The van der Waals surface area contributed by atoms with E-state index in [1.54, 1.807) is 0 Å². The van der Waals surface area contributed by atoms with Crippen LogP contribution in [0, 0.1) is 11.8 Å². The first-order chi connectivity index (χ1) is 5.40. The van der Waals surface area contributed by atoms with Gasteiger partial charge in [-0.2, -0.15) is 0 Å². The molecule has 2 saturated heterocycles. The molecule has 2 N–H and O–H groups in total. The number of alkyl halides is 1. The summed E-state index contributed by atoms with van der Waals surface area (Å²) < 4.78 is 0. The van der Waals surface area contributed by atoms with Gasteiger partial charge in [0, 0.05) is 12.4 Å². The lowest BCUT2D eigenvalue weighted by Gasteiger charge is -2.31. The van der Waals surface area contributed by atoms with Crippen LogP contribution in [-0.4, -0.2) is 25.1 Å². The highest BCUT2D eigenvalue weighted by atomic mass is 35.5. The predicted molar refractivity (Wildman–Crippen MR) is 54.0 cm³/mol. The third-order valence-corrected chi connectivity index (χ3v) is 3.27. The summed E-state index contributed by atoms with van der Waals surface area (Å²) in [5.74, 6) is 2.36. The fourth-order valence-corrected chi connectivity index (χ4v) is 2.41. The SMILES string of the molecule is Cl.ClCC1CNC2NCCC2C1. The van der Waals surface area contributed by atoms with Gasteiger partial charge in [-0.15, -0.1) is 24.0 Å². The van der Waals surface area contributed by atoms with E-state index in [4.69, 9.17) is 11.6 Å². The Balaban J connectivity index is 0.000000720. The van der Waals surface area contributed by atoms with E-state index in [0.717, 1.165) is 18.3 Å². The molecule has 0 bridgehead atoms. The van der Waals surface area contributed by atoms with Gasteiger partial charge in [-0.1, -0.05) is 0 Å². The second-order valence-corrected chi connectivity index (χ2v) is 3.95. The van der Waals surface area contributed by atoms with Crippen molar-refractivity contribution in [1.29, 1.82) is 0 Å². The van der Waals surface area contributed by atoms with Crippen molar-refractivity contribution < 1.29 is 0 Å². The molecule has 2 nitrogen and oxygen atoms in total. The molecule has 2 aliphatic heterocycles. The average Bonchev–Trinajstić information content (AvgIpc) is 2.50. The minimum atomic E-state index is 0. The van der Waals surface area contributed by atoms with Crippen molar-refractivity contribution in [3.63, 3.8) is 0 Å². The second-order valence-electron chi connectivity index (χ2n) is 3.64. The van der Waals surface area contributed by atoms with E-state index < -0.39 is 0 Å². The topological polar surface area (TPSA) is 24.1 Å². The Bertz CT molecular complexity index is 143. The zero-order valence-electron chi connectivity index (χ0n) is 7.05. The minimum absolute atomic E-state index is 0. The molecule has 0 radical (unpaired) electrons. The monoisotopic (exact) mass is 210 g/mol. The lowest BCUT2D eigenvalue weighted by molar-refractivity contribution is 0.246. The molecule has 2 aliphatic rings. The molecular weight excluding hydrogens is 195 g/mol. The Hall–Kier alpha value is 0.500. The molecule has 3 unspecified atom stereocenters. The Morgan fingerprint density at radius 1 is 1.33 bits per heavy atom. The van der Waals surface area contributed by atoms with E-state index >= 15 is 0 Å². The lowest BCUT2D eigenvalue weighted by atomic mass is 9.89. The van der Waals surface area contributed by atoms with Gasteiger partial charge >= 0.3 is 0 Å². The third-order valence-electron chi connectivity index (χ3n) is 2.83. The molecule has 0 saturated carbocycles. The van der Waals surface area contributed by atoms with Crippen molar-refractivity contribution in [2.24, 2.45) is 11.8 Å². The molecule has 2 rings (SSSR count). The van der Waals surface area contributed by atoms with Gasteiger partial charge in [0.2, 0.25) is 0 Å². The molecule has 2 fully saturated rings. The molecule has 12 heavy (non-hydrogen) atoms. The minimum Gasteiger partial charge on any atom is -0.302 e. The van der Waals surface area contributed by atoms with Crippen molar-refractivity contribution in [3.8, 4) is 0 Å². The standard InChI is InChI=1S/C8H15ClN2.ClH/c9-4-6-3-7-1-2-10-8(7)11-5-6;/h6-8,10-11H,1-5H2;1H.